The Labute approximate surface area is 142 Å². The van der Waals surface area contributed by atoms with Gasteiger partial charge >= 0.3 is 0 Å². The molecule has 1 aromatic carbocycles. The van der Waals surface area contributed by atoms with Gasteiger partial charge in [-0.2, -0.15) is 11.8 Å². The topological polar surface area (TPSA) is 52.6 Å². The number of piperidine rings is 1. The van der Waals surface area contributed by atoms with Gasteiger partial charge in [0.15, 0.2) is 0 Å². The van der Waals surface area contributed by atoms with Crippen molar-refractivity contribution in [3.63, 3.8) is 0 Å². The van der Waals surface area contributed by atoms with Crippen LogP contribution in [0.4, 0.5) is 0 Å². The molecule has 0 bridgehead atoms. The van der Waals surface area contributed by atoms with Gasteiger partial charge in [0.05, 0.1) is 0 Å². The zero-order valence-corrected chi connectivity index (χ0v) is 14.4. The minimum absolute atomic E-state index is 0.151. The maximum atomic E-state index is 12.5. The van der Waals surface area contributed by atoms with Crippen LogP contribution in [-0.2, 0) is 11.3 Å². The van der Waals surface area contributed by atoms with Crippen LogP contribution in [0, 0.1) is 0 Å². The molecule has 3 rings (SSSR count). The van der Waals surface area contributed by atoms with Crippen molar-refractivity contribution in [2.75, 3.05) is 24.6 Å². The van der Waals surface area contributed by atoms with Crippen molar-refractivity contribution in [2.45, 2.75) is 43.9 Å². The fraction of sp³-hybridized carbons (Fsp3) is 0.611. The van der Waals surface area contributed by atoms with Crippen molar-refractivity contribution in [1.82, 2.24) is 10.2 Å². The number of aliphatic hydroxyl groups is 1. The molecule has 5 heteroatoms. The molecule has 4 nitrogen and oxygen atoms in total. The van der Waals surface area contributed by atoms with Crippen LogP contribution < -0.4 is 5.32 Å². The molecule has 0 aliphatic carbocycles. The summed E-state index contributed by atoms with van der Waals surface area (Å²) in [5.41, 5.74) is 0.162. The fourth-order valence-corrected chi connectivity index (χ4v) is 4.58. The maximum absolute atomic E-state index is 12.5. The highest BCUT2D eigenvalue weighted by atomic mass is 32.2. The second-order valence-corrected chi connectivity index (χ2v) is 7.90. The van der Waals surface area contributed by atoms with E-state index in [9.17, 15) is 9.90 Å². The van der Waals surface area contributed by atoms with E-state index in [1.165, 1.54) is 5.56 Å². The maximum Gasteiger partial charge on any atom is 0.252 e. The lowest BCUT2D eigenvalue weighted by Gasteiger charge is -2.36. The standard InChI is InChI=1S/C18H26N2O2S/c21-17(18(22)8-11-23-12-9-18)19-16-7-4-10-20(14-16)13-15-5-2-1-3-6-15/h1-3,5-6,16,22H,4,7-14H2,(H,19,21)/t16-/m1/s1. The summed E-state index contributed by atoms with van der Waals surface area (Å²) in [6, 6.07) is 10.6. The lowest BCUT2D eigenvalue weighted by atomic mass is 9.94. The number of hydrogen-bond acceptors (Lipinski definition) is 4. The average Bonchev–Trinajstić information content (AvgIpc) is 2.57. The third-order valence-electron chi connectivity index (χ3n) is 4.83. The van der Waals surface area contributed by atoms with Gasteiger partial charge in [-0.3, -0.25) is 9.69 Å². The Hall–Kier alpha value is -1.04. The van der Waals surface area contributed by atoms with Crippen LogP contribution in [0.3, 0.4) is 0 Å². The summed E-state index contributed by atoms with van der Waals surface area (Å²) in [5.74, 6) is 1.58. The summed E-state index contributed by atoms with van der Waals surface area (Å²) in [6.07, 6.45) is 3.24. The molecule has 2 N–H and O–H groups in total. The van der Waals surface area contributed by atoms with E-state index in [0.717, 1.165) is 44.0 Å². The predicted octanol–water partition coefficient (Wildman–Crippen LogP) is 2.03. The van der Waals surface area contributed by atoms with E-state index < -0.39 is 5.60 Å². The third kappa shape index (κ3) is 4.49. The van der Waals surface area contributed by atoms with E-state index >= 15 is 0 Å². The Morgan fingerprint density at radius 1 is 1.30 bits per heavy atom. The van der Waals surface area contributed by atoms with E-state index in [1.807, 2.05) is 17.8 Å². The summed E-state index contributed by atoms with van der Waals surface area (Å²) >= 11 is 1.81. The van der Waals surface area contributed by atoms with E-state index in [-0.39, 0.29) is 11.9 Å². The van der Waals surface area contributed by atoms with Gasteiger partial charge in [0.25, 0.3) is 5.91 Å². The normalized spacial score (nSPS) is 25.0. The molecule has 2 fully saturated rings. The second-order valence-electron chi connectivity index (χ2n) is 6.68. The average molecular weight is 334 g/mol. The zero-order valence-electron chi connectivity index (χ0n) is 13.5. The van der Waals surface area contributed by atoms with Gasteiger partial charge in [-0.25, -0.2) is 0 Å². The van der Waals surface area contributed by atoms with Gasteiger partial charge in [-0.1, -0.05) is 30.3 Å². The summed E-state index contributed by atoms with van der Waals surface area (Å²) in [7, 11) is 0. The lowest BCUT2D eigenvalue weighted by molar-refractivity contribution is -0.141. The van der Waals surface area contributed by atoms with Gasteiger partial charge in [-0.05, 0) is 49.3 Å². The minimum Gasteiger partial charge on any atom is -0.380 e. The first kappa shape index (κ1) is 16.8. The largest absolute Gasteiger partial charge is 0.380 e. The summed E-state index contributed by atoms with van der Waals surface area (Å²) in [6.45, 7) is 2.86. The highest BCUT2D eigenvalue weighted by Crippen LogP contribution is 2.27. The van der Waals surface area contributed by atoms with Crippen molar-refractivity contribution < 1.29 is 9.90 Å². The minimum atomic E-state index is -1.15. The number of hydrogen-bond donors (Lipinski definition) is 2. The van der Waals surface area contributed by atoms with Crippen molar-refractivity contribution in [3.8, 4) is 0 Å². The lowest BCUT2D eigenvalue weighted by Crippen LogP contribution is -2.55. The molecule has 23 heavy (non-hydrogen) atoms. The number of nitrogens with one attached hydrogen (secondary N) is 1. The van der Waals surface area contributed by atoms with E-state index in [2.05, 4.69) is 34.5 Å². The number of likely N-dealkylation sites (tertiary alicyclic amines) is 1. The Balaban J connectivity index is 1.53. The number of thioether (sulfide) groups is 1. The molecule has 0 unspecified atom stereocenters. The monoisotopic (exact) mass is 334 g/mol. The van der Waals surface area contributed by atoms with Gasteiger partial charge < -0.3 is 10.4 Å². The molecule has 0 aromatic heterocycles. The molecule has 2 heterocycles. The van der Waals surface area contributed by atoms with Crippen LogP contribution in [0.15, 0.2) is 30.3 Å². The Morgan fingerprint density at radius 3 is 2.78 bits per heavy atom. The fourth-order valence-electron chi connectivity index (χ4n) is 3.41. The molecule has 0 radical (unpaired) electrons. The Morgan fingerprint density at radius 2 is 2.04 bits per heavy atom. The molecule has 0 spiro atoms. The number of rotatable bonds is 4. The number of carbonyl (C=O) groups is 1. The van der Waals surface area contributed by atoms with E-state index in [0.29, 0.717) is 12.8 Å². The summed E-state index contributed by atoms with van der Waals surface area (Å²) in [5, 5.41) is 13.6. The molecule has 2 saturated heterocycles. The first-order chi connectivity index (χ1) is 11.2. The van der Waals surface area contributed by atoms with Crippen molar-refractivity contribution in [2.24, 2.45) is 0 Å². The molecule has 0 saturated carbocycles. The van der Waals surface area contributed by atoms with Crippen LogP contribution >= 0.6 is 11.8 Å². The predicted molar refractivity (Wildman–Crippen MR) is 94.4 cm³/mol. The molecule has 2 aliphatic rings. The zero-order chi connectivity index (χ0) is 16.1. The quantitative estimate of drug-likeness (QED) is 0.885. The number of benzene rings is 1. The number of amides is 1. The summed E-state index contributed by atoms with van der Waals surface area (Å²) in [4.78, 5) is 14.9. The molecule has 1 atom stereocenters. The highest BCUT2D eigenvalue weighted by Gasteiger charge is 2.38. The Kier molecular flexibility index (Phi) is 5.62. The van der Waals surface area contributed by atoms with Crippen LogP contribution in [-0.4, -0.2) is 52.2 Å². The number of nitrogens with zero attached hydrogens (tertiary/aromatic N) is 1. The van der Waals surface area contributed by atoms with Crippen LogP contribution in [0.25, 0.3) is 0 Å². The highest BCUT2D eigenvalue weighted by molar-refractivity contribution is 7.99. The van der Waals surface area contributed by atoms with Crippen LogP contribution in [0.5, 0.6) is 0 Å². The van der Waals surface area contributed by atoms with Gasteiger partial charge in [0.2, 0.25) is 0 Å². The molecular weight excluding hydrogens is 308 g/mol. The first-order valence-electron chi connectivity index (χ1n) is 8.53. The van der Waals surface area contributed by atoms with Crippen LogP contribution in [0.1, 0.15) is 31.2 Å². The van der Waals surface area contributed by atoms with E-state index in [1.54, 1.807) is 0 Å². The van der Waals surface area contributed by atoms with Crippen LogP contribution in [0.2, 0.25) is 0 Å². The molecule has 2 aliphatic heterocycles. The number of carbonyl (C=O) groups excluding carboxylic acids is 1. The van der Waals surface area contributed by atoms with Gasteiger partial charge in [0, 0.05) is 19.1 Å². The summed E-state index contributed by atoms with van der Waals surface area (Å²) < 4.78 is 0. The molecule has 1 aromatic rings. The Bertz CT molecular complexity index is 517. The van der Waals surface area contributed by atoms with Gasteiger partial charge in [0.1, 0.15) is 5.60 Å². The van der Waals surface area contributed by atoms with E-state index in [4.69, 9.17) is 0 Å². The molecule has 126 valence electrons. The molecule has 1 amide bonds. The van der Waals surface area contributed by atoms with Crippen molar-refractivity contribution in [3.05, 3.63) is 35.9 Å². The first-order valence-corrected chi connectivity index (χ1v) is 9.68. The van der Waals surface area contributed by atoms with Crippen molar-refractivity contribution >= 4 is 17.7 Å². The SMILES string of the molecule is O=C(N[C@@H]1CCCN(Cc2ccccc2)C1)C1(O)CCSCC1. The third-order valence-corrected chi connectivity index (χ3v) is 5.82. The smallest absolute Gasteiger partial charge is 0.252 e. The molecular formula is C18H26N2O2S. The van der Waals surface area contributed by atoms with Crippen molar-refractivity contribution in [1.29, 1.82) is 0 Å². The van der Waals surface area contributed by atoms with Gasteiger partial charge in [-0.15, -0.1) is 0 Å². The second kappa shape index (κ2) is 7.69.